The van der Waals surface area contributed by atoms with Crippen LogP contribution in [-0.2, 0) is 12.0 Å². The molecule has 0 aromatic carbocycles. The number of rotatable bonds is 2. The van der Waals surface area contributed by atoms with Gasteiger partial charge in [-0.05, 0) is 44.2 Å². The SMILES string of the molecule is CC(C)n1cc2c(c1)C(N)(CO)CCC2. The molecule has 0 fully saturated rings. The van der Waals surface area contributed by atoms with Crippen molar-refractivity contribution in [2.75, 3.05) is 6.61 Å². The van der Waals surface area contributed by atoms with Crippen molar-refractivity contribution in [3.05, 3.63) is 23.5 Å². The standard InChI is InChI=1S/C12H20N2O/c1-9(2)14-6-10-4-3-5-12(13,8-15)11(10)7-14/h6-7,9,15H,3-5,8,13H2,1-2H3. The molecular weight excluding hydrogens is 188 g/mol. The number of aliphatic hydroxyl groups excluding tert-OH is 1. The van der Waals surface area contributed by atoms with Gasteiger partial charge in [-0.3, -0.25) is 0 Å². The van der Waals surface area contributed by atoms with Crippen molar-refractivity contribution in [2.24, 2.45) is 5.73 Å². The van der Waals surface area contributed by atoms with Gasteiger partial charge in [0.1, 0.15) is 0 Å². The van der Waals surface area contributed by atoms with Crippen molar-refractivity contribution in [2.45, 2.75) is 44.7 Å². The van der Waals surface area contributed by atoms with Crippen LogP contribution in [0.1, 0.15) is 43.9 Å². The Bertz CT molecular complexity index is 357. The van der Waals surface area contributed by atoms with Crippen LogP contribution in [0.5, 0.6) is 0 Å². The fourth-order valence-electron chi connectivity index (χ4n) is 2.36. The fraction of sp³-hybridized carbons (Fsp3) is 0.667. The molecule has 84 valence electrons. The number of nitrogens with zero attached hydrogens (tertiary/aromatic N) is 1. The molecule has 2 rings (SSSR count). The lowest BCUT2D eigenvalue weighted by Crippen LogP contribution is -2.42. The average molecular weight is 208 g/mol. The molecule has 0 saturated carbocycles. The first kappa shape index (κ1) is 10.7. The topological polar surface area (TPSA) is 51.2 Å². The highest BCUT2D eigenvalue weighted by Crippen LogP contribution is 2.34. The van der Waals surface area contributed by atoms with E-state index < -0.39 is 5.54 Å². The van der Waals surface area contributed by atoms with E-state index in [2.05, 4.69) is 30.8 Å². The molecule has 1 aromatic heterocycles. The molecule has 0 bridgehead atoms. The Morgan fingerprint density at radius 3 is 2.87 bits per heavy atom. The largest absolute Gasteiger partial charge is 0.394 e. The minimum Gasteiger partial charge on any atom is -0.394 e. The molecule has 3 nitrogen and oxygen atoms in total. The van der Waals surface area contributed by atoms with E-state index in [0.29, 0.717) is 6.04 Å². The van der Waals surface area contributed by atoms with Crippen LogP contribution in [0.4, 0.5) is 0 Å². The Morgan fingerprint density at radius 2 is 2.27 bits per heavy atom. The Kier molecular flexibility index (Phi) is 2.61. The molecule has 1 aliphatic rings. The zero-order valence-electron chi connectivity index (χ0n) is 9.53. The summed E-state index contributed by atoms with van der Waals surface area (Å²) in [6, 6.07) is 0.457. The lowest BCUT2D eigenvalue weighted by Gasteiger charge is -2.31. The van der Waals surface area contributed by atoms with Gasteiger partial charge in [-0.2, -0.15) is 0 Å². The van der Waals surface area contributed by atoms with Gasteiger partial charge >= 0.3 is 0 Å². The van der Waals surface area contributed by atoms with E-state index in [9.17, 15) is 5.11 Å². The molecule has 1 unspecified atom stereocenters. The minimum atomic E-state index is -0.506. The molecule has 15 heavy (non-hydrogen) atoms. The van der Waals surface area contributed by atoms with E-state index in [1.54, 1.807) is 0 Å². The Labute approximate surface area is 90.9 Å². The van der Waals surface area contributed by atoms with Gasteiger partial charge in [-0.25, -0.2) is 0 Å². The zero-order chi connectivity index (χ0) is 11.1. The van der Waals surface area contributed by atoms with Crippen LogP contribution < -0.4 is 5.73 Å². The molecule has 1 aliphatic carbocycles. The van der Waals surface area contributed by atoms with Crippen molar-refractivity contribution in [1.29, 1.82) is 0 Å². The monoisotopic (exact) mass is 208 g/mol. The van der Waals surface area contributed by atoms with Crippen molar-refractivity contribution in [3.63, 3.8) is 0 Å². The summed E-state index contributed by atoms with van der Waals surface area (Å²) in [5.74, 6) is 0. The maximum Gasteiger partial charge on any atom is 0.0661 e. The summed E-state index contributed by atoms with van der Waals surface area (Å²) < 4.78 is 2.19. The third-order valence-corrected chi connectivity index (χ3v) is 3.41. The first-order valence-corrected chi connectivity index (χ1v) is 5.67. The molecule has 0 aliphatic heterocycles. The van der Waals surface area contributed by atoms with Gasteiger partial charge < -0.3 is 15.4 Å². The first-order chi connectivity index (χ1) is 7.07. The summed E-state index contributed by atoms with van der Waals surface area (Å²) in [5.41, 5.74) is 8.17. The van der Waals surface area contributed by atoms with Crippen LogP contribution in [0.2, 0.25) is 0 Å². The normalized spacial score (nSPS) is 25.7. The molecule has 3 N–H and O–H groups in total. The predicted octanol–water partition coefficient (Wildman–Crippen LogP) is 1.55. The maximum atomic E-state index is 9.41. The van der Waals surface area contributed by atoms with Crippen LogP contribution in [0.25, 0.3) is 0 Å². The molecule has 0 amide bonds. The summed E-state index contributed by atoms with van der Waals surface area (Å²) in [7, 11) is 0. The van der Waals surface area contributed by atoms with Crippen LogP contribution in [0, 0.1) is 0 Å². The smallest absolute Gasteiger partial charge is 0.0661 e. The van der Waals surface area contributed by atoms with Gasteiger partial charge in [0, 0.05) is 18.4 Å². The average Bonchev–Trinajstić information content (AvgIpc) is 2.63. The van der Waals surface area contributed by atoms with E-state index >= 15 is 0 Å². The molecule has 0 radical (unpaired) electrons. The summed E-state index contributed by atoms with van der Waals surface area (Å²) in [6.07, 6.45) is 7.34. The number of hydrogen-bond acceptors (Lipinski definition) is 2. The molecule has 1 aromatic rings. The number of aromatic nitrogens is 1. The first-order valence-electron chi connectivity index (χ1n) is 5.67. The zero-order valence-corrected chi connectivity index (χ0v) is 9.53. The van der Waals surface area contributed by atoms with Gasteiger partial charge in [0.15, 0.2) is 0 Å². The quantitative estimate of drug-likeness (QED) is 0.774. The van der Waals surface area contributed by atoms with Crippen LogP contribution in [-0.4, -0.2) is 16.3 Å². The summed E-state index contributed by atoms with van der Waals surface area (Å²) in [4.78, 5) is 0. The molecule has 1 atom stereocenters. The molecule has 0 spiro atoms. The van der Waals surface area contributed by atoms with Crippen molar-refractivity contribution in [3.8, 4) is 0 Å². The highest BCUT2D eigenvalue weighted by atomic mass is 16.3. The second kappa shape index (κ2) is 3.65. The molecule has 0 saturated heterocycles. The fourth-order valence-corrected chi connectivity index (χ4v) is 2.36. The van der Waals surface area contributed by atoms with Crippen molar-refractivity contribution >= 4 is 0 Å². The molecular formula is C12H20N2O. The lowest BCUT2D eigenvalue weighted by molar-refractivity contribution is 0.179. The summed E-state index contributed by atoms with van der Waals surface area (Å²) in [6.45, 7) is 4.35. The van der Waals surface area contributed by atoms with Gasteiger partial charge in [0.25, 0.3) is 0 Å². The summed E-state index contributed by atoms with van der Waals surface area (Å²) in [5, 5.41) is 9.41. The van der Waals surface area contributed by atoms with E-state index in [1.807, 2.05) is 0 Å². The van der Waals surface area contributed by atoms with Gasteiger partial charge in [-0.1, -0.05) is 0 Å². The van der Waals surface area contributed by atoms with E-state index in [-0.39, 0.29) is 6.61 Å². The van der Waals surface area contributed by atoms with Crippen LogP contribution in [0.3, 0.4) is 0 Å². The number of fused-ring (bicyclic) bond motifs is 1. The Hall–Kier alpha value is -0.800. The predicted molar refractivity (Wildman–Crippen MR) is 60.7 cm³/mol. The van der Waals surface area contributed by atoms with E-state index in [1.165, 1.54) is 5.56 Å². The second-order valence-electron chi connectivity index (χ2n) is 4.91. The Morgan fingerprint density at radius 1 is 1.53 bits per heavy atom. The highest BCUT2D eigenvalue weighted by molar-refractivity contribution is 5.34. The molecule has 3 heteroatoms. The van der Waals surface area contributed by atoms with Crippen molar-refractivity contribution in [1.82, 2.24) is 4.57 Å². The second-order valence-corrected chi connectivity index (χ2v) is 4.91. The molecule has 1 heterocycles. The van der Waals surface area contributed by atoms with Crippen molar-refractivity contribution < 1.29 is 5.11 Å². The minimum absolute atomic E-state index is 0.0438. The van der Waals surface area contributed by atoms with Gasteiger partial charge in [-0.15, -0.1) is 0 Å². The third-order valence-electron chi connectivity index (χ3n) is 3.41. The number of nitrogens with two attached hydrogens (primary N) is 1. The van der Waals surface area contributed by atoms with Crippen LogP contribution in [0.15, 0.2) is 12.4 Å². The highest BCUT2D eigenvalue weighted by Gasteiger charge is 2.33. The number of aliphatic hydroxyl groups is 1. The van der Waals surface area contributed by atoms with Crippen LogP contribution >= 0.6 is 0 Å². The van der Waals surface area contributed by atoms with E-state index in [4.69, 9.17) is 5.73 Å². The number of hydrogen-bond donors (Lipinski definition) is 2. The van der Waals surface area contributed by atoms with Gasteiger partial charge in [0.05, 0.1) is 12.1 Å². The Balaban J connectivity index is 2.43. The number of aryl methyl sites for hydroxylation is 1. The summed E-state index contributed by atoms with van der Waals surface area (Å²) >= 11 is 0. The lowest BCUT2D eigenvalue weighted by atomic mass is 9.80. The maximum absolute atomic E-state index is 9.41. The third kappa shape index (κ3) is 1.70. The van der Waals surface area contributed by atoms with E-state index in [0.717, 1.165) is 24.8 Å². The van der Waals surface area contributed by atoms with Gasteiger partial charge in [0.2, 0.25) is 0 Å².